The summed E-state index contributed by atoms with van der Waals surface area (Å²) in [6, 6.07) is 6.08. The normalized spacial score (nSPS) is 16.0. The van der Waals surface area contributed by atoms with Gasteiger partial charge in [-0.3, -0.25) is 0 Å². The highest BCUT2D eigenvalue weighted by atomic mass is 16.5. The number of benzene rings is 1. The fourth-order valence-electron chi connectivity index (χ4n) is 2.22. The van der Waals surface area contributed by atoms with E-state index in [1.807, 2.05) is 19.1 Å². The van der Waals surface area contributed by atoms with Crippen LogP contribution < -0.4 is 15.8 Å². The summed E-state index contributed by atoms with van der Waals surface area (Å²) in [7, 11) is 1.68. The van der Waals surface area contributed by atoms with E-state index in [0.29, 0.717) is 12.5 Å². The fraction of sp³-hybridized carbons (Fsp3) is 0.533. The number of hydrogen-bond donors (Lipinski definition) is 2. The Hall–Kier alpha value is -1.71. The molecule has 1 aliphatic carbocycles. The van der Waals surface area contributed by atoms with Gasteiger partial charge in [0.25, 0.3) is 0 Å². The van der Waals surface area contributed by atoms with Gasteiger partial charge >= 0.3 is 0 Å². The van der Waals surface area contributed by atoms with Gasteiger partial charge in [-0.2, -0.15) is 0 Å². The Kier molecular flexibility index (Phi) is 4.66. The second-order valence-electron chi connectivity index (χ2n) is 5.18. The molecule has 0 heterocycles. The summed E-state index contributed by atoms with van der Waals surface area (Å²) in [5.74, 6) is 2.24. The number of hydrogen-bond acceptors (Lipinski definition) is 2. The number of methoxy groups -OCH3 is 1. The zero-order valence-corrected chi connectivity index (χ0v) is 11.8. The molecule has 1 saturated carbocycles. The minimum Gasteiger partial charge on any atom is -0.496 e. The minimum absolute atomic E-state index is 0.542. The predicted molar refractivity (Wildman–Crippen MR) is 78.4 cm³/mol. The van der Waals surface area contributed by atoms with Crippen LogP contribution in [-0.2, 0) is 6.54 Å². The highest BCUT2D eigenvalue weighted by Gasteiger charge is 2.16. The van der Waals surface area contributed by atoms with Crippen LogP contribution in [0.25, 0.3) is 0 Å². The molecular weight excluding hydrogens is 238 g/mol. The Morgan fingerprint density at radius 3 is 2.84 bits per heavy atom. The minimum atomic E-state index is 0.542. The molecule has 0 amide bonds. The zero-order chi connectivity index (χ0) is 13.7. The maximum Gasteiger partial charge on any atom is 0.188 e. The number of nitrogens with one attached hydrogen (secondary N) is 1. The first kappa shape index (κ1) is 13.7. The number of nitrogens with zero attached hydrogens (tertiary/aromatic N) is 1. The van der Waals surface area contributed by atoms with Crippen LogP contribution in [0.2, 0.25) is 0 Å². The monoisotopic (exact) mass is 261 g/mol. The Morgan fingerprint density at radius 1 is 1.47 bits per heavy atom. The number of guanidine groups is 1. The molecular formula is C15H23N3O. The van der Waals surface area contributed by atoms with Crippen molar-refractivity contribution in [1.29, 1.82) is 0 Å². The van der Waals surface area contributed by atoms with E-state index >= 15 is 0 Å². The van der Waals surface area contributed by atoms with Gasteiger partial charge in [0.2, 0.25) is 0 Å². The molecule has 3 N–H and O–H groups in total. The number of nitrogens with two attached hydrogens (primary N) is 1. The van der Waals surface area contributed by atoms with Crippen molar-refractivity contribution >= 4 is 5.96 Å². The van der Waals surface area contributed by atoms with E-state index < -0.39 is 0 Å². The van der Waals surface area contributed by atoms with Crippen LogP contribution in [0.1, 0.15) is 30.4 Å². The second-order valence-corrected chi connectivity index (χ2v) is 5.18. The molecule has 1 aliphatic rings. The highest BCUT2D eigenvalue weighted by Crippen LogP contribution is 2.25. The molecule has 0 atom stereocenters. The lowest BCUT2D eigenvalue weighted by atomic mass is 9.85. The molecule has 0 spiro atoms. The highest BCUT2D eigenvalue weighted by molar-refractivity contribution is 5.77. The lowest BCUT2D eigenvalue weighted by Gasteiger charge is -2.25. The van der Waals surface area contributed by atoms with Crippen LogP contribution >= 0.6 is 0 Å². The molecule has 1 aromatic rings. The van der Waals surface area contributed by atoms with E-state index in [9.17, 15) is 0 Å². The lowest BCUT2D eigenvalue weighted by Crippen LogP contribution is -2.37. The SMILES string of the molecule is COc1ccc(CN=C(N)NCC2CCC2)cc1C. The fourth-order valence-corrected chi connectivity index (χ4v) is 2.22. The standard InChI is InChI=1S/C15H23N3O/c1-11-8-13(6-7-14(11)19-2)10-18-15(16)17-9-12-4-3-5-12/h6-8,12H,3-5,9-10H2,1-2H3,(H3,16,17,18). The van der Waals surface area contributed by atoms with Crippen LogP contribution in [0.5, 0.6) is 5.75 Å². The van der Waals surface area contributed by atoms with Gasteiger partial charge in [0.1, 0.15) is 5.75 Å². The maximum absolute atomic E-state index is 5.86. The Bertz CT molecular complexity index is 453. The average molecular weight is 261 g/mol. The summed E-state index contributed by atoms with van der Waals surface area (Å²) >= 11 is 0. The summed E-state index contributed by atoms with van der Waals surface area (Å²) in [6.45, 7) is 3.59. The first-order chi connectivity index (χ1) is 9.19. The van der Waals surface area contributed by atoms with E-state index in [2.05, 4.69) is 16.4 Å². The Balaban J connectivity index is 1.84. The first-order valence-corrected chi connectivity index (χ1v) is 6.86. The topological polar surface area (TPSA) is 59.6 Å². The van der Waals surface area contributed by atoms with Crippen molar-refractivity contribution in [3.8, 4) is 5.75 Å². The van der Waals surface area contributed by atoms with E-state index in [1.54, 1.807) is 7.11 Å². The third-order valence-electron chi connectivity index (χ3n) is 3.69. The van der Waals surface area contributed by atoms with Gasteiger partial charge in [-0.15, -0.1) is 0 Å². The van der Waals surface area contributed by atoms with Crippen molar-refractivity contribution in [3.05, 3.63) is 29.3 Å². The van der Waals surface area contributed by atoms with Gasteiger partial charge < -0.3 is 15.8 Å². The average Bonchev–Trinajstić information content (AvgIpc) is 2.34. The van der Waals surface area contributed by atoms with Gasteiger partial charge in [0.15, 0.2) is 5.96 Å². The third kappa shape index (κ3) is 3.88. The van der Waals surface area contributed by atoms with Crippen LogP contribution in [0.4, 0.5) is 0 Å². The molecule has 19 heavy (non-hydrogen) atoms. The summed E-state index contributed by atoms with van der Waals surface area (Å²) in [6.07, 6.45) is 3.99. The number of aryl methyl sites for hydroxylation is 1. The summed E-state index contributed by atoms with van der Waals surface area (Å²) in [5.41, 5.74) is 8.12. The van der Waals surface area contributed by atoms with Crippen molar-refractivity contribution in [3.63, 3.8) is 0 Å². The third-order valence-corrected chi connectivity index (χ3v) is 3.69. The number of aliphatic imine (C=N–C) groups is 1. The van der Waals surface area contributed by atoms with Gasteiger partial charge in [0.05, 0.1) is 13.7 Å². The molecule has 0 radical (unpaired) electrons. The molecule has 0 bridgehead atoms. The van der Waals surface area contributed by atoms with Crippen LogP contribution in [0, 0.1) is 12.8 Å². The molecule has 4 heteroatoms. The molecule has 0 saturated heterocycles. The van der Waals surface area contributed by atoms with Crippen molar-refractivity contribution < 1.29 is 4.74 Å². The van der Waals surface area contributed by atoms with Crippen LogP contribution in [0.3, 0.4) is 0 Å². The smallest absolute Gasteiger partial charge is 0.188 e. The molecule has 0 unspecified atom stereocenters. The second kappa shape index (κ2) is 6.45. The number of ether oxygens (including phenoxy) is 1. The van der Waals surface area contributed by atoms with Gasteiger partial charge in [-0.1, -0.05) is 18.6 Å². The zero-order valence-electron chi connectivity index (χ0n) is 11.8. The summed E-state index contributed by atoms with van der Waals surface area (Å²) in [4.78, 5) is 4.36. The molecule has 1 fully saturated rings. The summed E-state index contributed by atoms with van der Waals surface area (Å²) in [5, 5.41) is 3.20. The molecule has 0 aromatic heterocycles. The van der Waals surface area contributed by atoms with Gasteiger partial charge in [-0.05, 0) is 42.9 Å². The van der Waals surface area contributed by atoms with Crippen LogP contribution in [0.15, 0.2) is 23.2 Å². The lowest BCUT2D eigenvalue weighted by molar-refractivity contribution is 0.315. The van der Waals surface area contributed by atoms with Gasteiger partial charge in [0, 0.05) is 6.54 Å². The molecule has 2 rings (SSSR count). The molecule has 1 aromatic carbocycles. The molecule has 4 nitrogen and oxygen atoms in total. The quantitative estimate of drug-likeness (QED) is 0.631. The van der Waals surface area contributed by atoms with E-state index in [-0.39, 0.29) is 0 Å². The summed E-state index contributed by atoms with van der Waals surface area (Å²) < 4.78 is 5.24. The number of rotatable bonds is 5. The van der Waals surface area contributed by atoms with Gasteiger partial charge in [-0.25, -0.2) is 4.99 Å². The van der Waals surface area contributed by atoms with Crippen molar-refractivity contribution in [2.75, 3.05) is 13.7 Å². The van der Waals surface area contributed by atoms with Crippen molar-refractivity contribution in [1.82, 2.24) is 5.32 Å². The van der Waals surface area contributed by atoms with E-state index in [4.69, 9.17) is 10.5 Å². The largest absolute Gasteiger partial charge is 0.496 e. The molecule has 104 valence electrons. The Morgan fingerprint density at radius 2 is 2.26 bits per heavy atom. The van der Waals surface area contributed by atoms with Crippen molar-refractivity contribution in [2.45, 2.75) is 32.7 Å². The predicted octanol–water partition coefficient (Wildman–Crippen LogP) is 2.21. The van der Waals surface area contributed by atoms with Crippen LogP contribution in [-0.4, -0.2) is 19.6 Å². The van der Waals surface area contributed by atoms with Crippen molar-refractivity contribution in [2.24, 2.45) is 16.6 Å². The maximum atomic E-state index is 5.86. The first-order valence-electron chi connectivity index (χ1n) is 6.86. The Labute approximate surface area is 115 Å². The van der Waals surface area contributed by atoms with E-state index in [0.717, 1.165) is 29.3 Å². The molecule has 0 aliphatic heterocycles. The van der Waals surface area contributed by atoms with E-state index in [1.165, 1.54) is 19.3 Å².